The Labute approximate surface area is 106 Å². The molecule has 6 heteroatoms. The van der Waals surface area contributed by atoms with Crippen molar-refractivity contribution in [3.8, 4) is 0 Å². The van der Waals surface area contributed by atoms with Gasteiger partial charge >= 0.3 is 0 Å². The molecule has 0 aliphatic rings. The fourth-order valence-corrected chi connectivity index (χ4v) is 3.22. The molecule has 0 aliphatic carbocycles. The molecule has 17 heavy (non-hydrogen) atoms. The molecule has 0 spiro atoms. The summed E-state index contributed by atoms with van der Waals surface area (Å²) in [6.45, 7) is 0. The number of hydrazine groups is 1. The quantitative estimate of drug-likeness (QED) is 0.562. The minimum absolute atomic E-state index is 0.474. The molecule has 0 aliphatic heterocycles. The van der Waals surface area contributed by atoms with Crippen molar-refractivity contribution in [2.24, 2.45) is 5.84 Å². The average Bonchev–Trinajstić information content (AvgIpc) is 2.98. The molecular formula is C11H10N4S2. The van der Waals surface area contributed by atoms with Crippen LogP contribution in [0.15, 0.2) is 29.0 Å². The Hall–Kier alpha value is -1.50. The first kappa shape index (κ1) is 10.6. The van der Waals surface area contributed by atoms with E-state index in [9.17, 15) is 0 Å². The Morgan fingerprint density at radius 3 is 2.88 bits per heavy atom. The number of nitrogens with zero attached hydrogens (tertiary/aromatic N) is 2. The van der Waals surface area contributed by atoms with Gasteiger partial charge in [0, 0.05) is 11.3 Å². The van der Waals surface area contributed by atoms with Gasteiger partial charge in [0.1, 0.15) is 0 Å². The van der Waals surface area contributed by atoms with Crippen LogP contribution in [0.25, 0.3) is 10.2 Å². The summed E-state index contributed by atoms with van der Waals surface area (Å²) in [4.78, 5) is 10.0. The van der Waals surface area contributed by atoms with E-state index in [-0.39, 0.29) is 0 Å². The molecule has 0 fully saturated rings. The molecule has 3 heterocycles. The van der Waals surface area contributed by atoms with Gasteiger partial charge in [-0.15, -0.1) is 22.7 Å². The highest BCUT2D eigenvalue weighted by Gasteiger charge is 2.09. The lowest BCUT2D eigenvalue weighted by Gasteiger charge is -2.04. The second-order valence-electron chi connectivity index (χ2n) is 3.53. The first-order valence-electron chi connectivity index (χ1n) is 5.10. The van der Waals surface area contributed by atoms with Gasteiger partial charge in [-0.3, -0.25) is 5.43 Å². The van der Waals surface area contributed by atoms with E-state index < -0.39 is 0 Å². The molecule has 86 valence electrons. The monoisotopic (exact) mass is 262 g/mol. The van der Waals surface area contributed by atoms with Gasteiger partial charge in [0.15, 0.2) is 0 Å². The van der Waals surface area contributed by atoms with Crippen molar-refractivity contribution >= 4 is 38.8 Å². The summed E-state index contributed by atoms with van der Waals surface area (Å²) in [6.07, 6.45) is 0.825. The van der Waals surface area contributed by atoms with E-state index in [0.717, 1.165) is 22.3 Å². The smallest absolute Gasteiger partial charge is 0.237 e. The molecule has 0 bridgehead atoms. The zero-order valence-electron chi connectivity index (χ0n) is 8.88. The van der Waals surface area contributed by atoms with Gasteiger partial charge < -0.3 is 0 Å². The number of aromatic nitrogens is 2. The maximum absolute atomic E-state index is 5.38. The van der Waals surface area contributed by atoms with E-state index in [2.05, 4.69) is 32.9 Å². The summed E-state index contributed by atoms with van der Waals surface area (Å²) >= 11 is 3.40. The van der Waals surface area contributed by atoms with Crippen LogP contribution in [0.5, 0.6) is 0 Å². The van der Waals surface area contributed by atoms with Gasteiger partial charge in [0.05, 0.1) is 15.9 Å². The van der Waals surface area contributed by atoms with E-state index in [1.807, 2.05) is 11.4 Å². The van der Waals surface area contributed by atoms with E-state index in [1.54, 1.807) is 22.7 Å². The molecule has 0 unspecified atom stereocenters. The lowest BCUT2D eigenvalue weighted by atomic mass is 10.2. The zero-order valence-corrected chi connectivity index (χ0v) is 10.5. The molecule has 3 rings (SSSR count). The standard InChI is InChI=1S/C11H10N4S2/c12-15-11-13-8-3-5-17-10(8)9(14-11)6-7-2-1-4-16-7/h1-5H,6,12H2,(H,13,14,15). The fourth-order valence-electron chi connectivity index (χ4n) is 1.69. The topological polar surface area (TPSA) is 63.8 Å². The molecule has 0 amide bonds. The third-order valence-corrected chi connectivity index (χ3v) is 4.25. The third-order valence-electron chi connectivity index (χ3n) is 2.42. The molecule has 3 aromatic rings. The van der Waals surface area contributed by atoms with Crippen molar-refractivity contribution in [2.75, 3.05) is 5.43 Å². The van der Waals surface area contributed by atoms with Gasteiger partial charge in [-0.05, 0) is 22.9 Å². The molecule has 0 aromatic carbocycles. The van der Waals surface area contributed by atoms with Gasteiger partial charge in [0.2, 0.25) is 5.95 Å². The van der Waals surface area contributed by atoms with Crippen molar-refractivity contribution in [1.82, 2.24) is 9.97 Å². The number of rotatable bonds is 3. The van der Waals surface area contributed by atoms with Crippen LogP contribution in [0.1, 0.15) is 10.6 Å². The minimum atomic E-state index is 0.474. The molecule has 0 atom stereocenters. The molecule has 4 nitrogen and oxygen atoms in total. The molecule has 3 N–H and O–H groups in total. The maximum atomic E-state index is 5.38. The molecular weight excluding hydrogens is 252 g/mol. The summed E-state index contributed by atoms with van der Waals surface area (Å²) in [5, 5.41) is 4.10. The first-order valence-corrected chi connectivity index (χ1v) is 6.86. The molecule has 0 saturated heterocycles. The van der Waals surface area contributed by atoms with E-state index in [0.29, 0.717) is 5.95 Å². The largest absolute Gasteiger partial charge is 0.292 e. The summed E-state index contributed by atoms with van der Waals surface area (Å²) in [7, 11) is 0. The van der Waals surface area contributed by atoms with E-state index in [4.69, 9.17) is 5.84 Å². The number of nitrogen functional groups attached to an aromatic ring is 1. The average molecular weight is 262 g/mol. The molecule has 0 saturated carbocycles. The highest BCUT2D eigenvalue weighted by Crippen LogP contribution is 2.26. The molecule has 0 radical (unpaired) electrons. The van der Waals surface area contributed by atoms with Crippen molar-refractivity contribution in [3.63, 3.8) is 0 Å². The van der Waals surface area contributed by atoms with Crippen LogP contribution in [-0.4, -0.2) is 9.97 Å². The maximum Gasteiger partial charge on any atom is 0.237 e. The van der Waals surface area contributed by atoms with Crippen LogP contribution in [0.3, 0.4) is 0 Å². The van der Waals surface area contributed by atoms with Crippen LogP contribution in [0, 0.1) is 0 Å². The normalized spacial score (nSPS) is 10.9. The Kier molecular flexibility index (Phi) is 2.76. The predicted molar refractivity (Wildman–Crippen MR) is 72.4 cm³/mol. The zero-order chi connectivity index (χ0) is 11.7. The number of nitrogens with two attached hydrogens (primary N) is 1. The SMILES string of the molecule is NNc1nc(Cc2cccs2)c2sccc2n1. The summed E-state index contributed by atoms with van der Waals surface area (Å²) in [5.41, 5.74) is 4.49. The van der Waals surface area contributed by atoms with Crippen LogP contribution in [-0.2, 0) is 6.42 Å². The number of fused-ring (bicyclic) bond motifs is 1. The fraction of sp³-hybridized carbons (Fsp3) is 0.0909. The van der Waals surface area contributed by atoms with Gasteiger partial charge in [-0.2, -0.15) is 0 Å². The third kappa shape index (κ3) is 2.02. The van der Waals surface area contributed by atoms with E-state index >= 15 is 0 Å². The first-order chi connectivity index (χ1) is 8.36. The van der Waals surface area contributed by atoms with Gasteiger partial charge in [-0.25, -0.2) is 15.8 Å². The second kappa shape index (κ2) is 4.40. The Morgan fingerprint density at radius 2 is 2.12 bits per heavy atom. The highest BCUT2D eigenvalue weighted by molar-refractivity contribution is 7.17. The Morgan fingerprint density at radius 1 is 1.18 bits per heavy atom. The Bertz CT molecular complexity index is 630. The summed E-state index contributed by atoms with van der Waals surface area (Å²) in [6, 6.07) is 6.15. The lowest BCUT2D eigenvalue weighted by Crippen LogP contribution is -2.11. The lowest BCUT2D eigenvalue weighted by molar-refractivity contribution is 1.07. The minimum Gasteiger partial charge on any atom is -0.292 e. The van der Waals surface area contributed by atoms with Crippen LogP contribution in [0.2, 0.25) is 0 Å². The Balaban J connectivity index is 2.10. The van der Waals surface area contributed by atoms with Crippen molar-refractivity contribution in [1.29, 1.82) is 0 Å². The van der Waals surface area contributed by atoms with Gasteiger partial charge in [-0.1, -0.05) is 6.07 Å². The highest BCUT2D eigenvalue weighted by atomic mass is 32.1. The number of nitrogens with one attached hydrogen (secondary N) is 1. The van der Waals surface area contributed by atoms with Crippen LogP contribution in [0.4, 0.5) is 5.95 Å². The molecule has 3 aromatic heterocycles. The number of hydrogen-bond acceptors (Lipinski definition) is 6. The number of anilines is 1. The van der Waals surface area contributed by atoms with Crippen molar-refractivity contribution in [2.45, 2.75) is 6.42 Å². The number of thiophene rings is 2. The summed E-state index contributed by atoms with van der Waals surface area (Å²) in [5.74, 6) is 5.86. The predicted octanol–water partition coefficient (Wildman–Crippen LogP) is 2.63. The van der Waals surface area contributed by atoms with Gasteiger partial charge in [0.25, 0.3) is 0 Å². The van der Waals surface area contributed by atoms with Crippen LogP contribution >= 0.6 is 22.7 Å². The number of hydrogen-bond donors (Lipinski definition) is 2. The summed E-state index contributed by atoms with van der Waals surface area (Å²) < 4.78 is 1.14. The van der Waals surface area contributed by atoms with E-state index in [1.165, 1.54) is 4.88 Å². The van der Waals surface area contributed by atoms with Crippen LogP contribution < -0.4 is 11.3 Å². The second-order valence-corrected chi connectivity index (χ2v) is 5.48. The van der Waals surface area contributed by atoms with Crippen molar-refractivity contribution < 1.29 is 0 Å². The van der Waals surface area contributed by atoms with Crippen molar-refractivity contribution in [3.05, 3.63) is 39.5 Å².